The van der Waals surface area contributed by atoms with Gasteiger partial charge in [0.2, 0.25) is 0 Å². The van der Waals surface area contributed by atoms with Crippen molar-refractivity contribution < 1.29 is 4.74 Å². The zero-order valence-corrected chi connectivity index (χ0v) is 20.9. The van der Waals surface area contributed by atoms with E-state index in [0.717, 1.165) is 42.7 Å². The summed E-state index contributed by atoms with van der Waals surface area (Å²) in [5.74, 6) is 0.706. The van der Waals surface area contributed by atoms with Gasteiger partial charge in [0.25, 0.3) is 11.1 Å². The molecule has 0 saturated carbocycles. The van der Waals surface area contributed by atoms with Crippen molar-refractivity contribution in [2.45, 2.75) is 57.3 Å². The van der Waals surface area contributed by atoms with Crippen LogP contribution < -0.4 is 21.2 Å². The van der Waals surface area contributed by atoms with Gasteiger partial charge in [-0.05, 0) is 62.5 Å². The van der Waals surface area contributed by atoms with Crippen LogP contribution in [-0.2, 0) is 13.1 Å². The van der Waals surface area contributed by atoms with E-state index in [1.54, 1.807) is 0 Å². The smallest absolute Gasteiger partial charge is 0.275 e. The third kappa shape index (κ3) is 3.86. The predicted octanol–water partition coefficient (Wildman–Crippen LogP) is 3.47. The highest BCUT2D eigenvalue weighted by molar-refractivity contribution is 7.14. The van der Waals surface area contributed by atoms with Gasteiger partial charge in [-0.25, -0.2) is 4.98 Å². The zero-order valence-electron chi connectivity index (χ0n) is 20.1. The van der Waals surface area contributed by atoms with Crippen molar-refractivity contribution in [1.82, 2.24) is 24.1 Å². The van der Waals surface area contributed by atoms with Gasteiger partial charge in [0.15, 0.2) is 0 Å². The summed E-state index contributed by atoms with van der Waals surface area (Å²) >= 11 is 1.43. The Morgan fingerprint density at radius 2 is 1.94 bits per heavy atom. The molecule has 36 heavy (non-hydrogen) atoms. The van der Waals surface area contributed by atoms with Crippen LogP contribution in [0.3, 0.4) is 0 Å². The molecular weight excluding hydrogens is 474 g/mol. The molecule has 0 spiro atoms. The van der Waals surface area contributed by atoms with E-state index < -0.39 is 0 Å². The third-order valence-electron chi connectivity index (χ3n) is 7.77. The molecule has 0 aliphatic carbocycles. The second-order valence-electron chi connectivity index (χ2n) is 10.3. The van der Waals surface area contributed by atoms with Crippen molar-refractivity contribution in [3.05, 3.63) is 56.6 Å². The first-order chi connectivity index (χ1) is 17.6. The monoisotopic (exact) mass is 503 g/mol. The van der Waals surface area contributed by atoms with Crippen LogP contribution in [0.1, 0.15) is 37.7 Å². The van der Waals surface area contributed by atoms with E-state index in [1.807, 2.05) is 28.2 Å². The fourth-order valence-corrected chi connectivity index (χ4v) is 7.12. The van der Waals surface area contributed by atoms with Crippen LogP contribution >= 0.6 is 11.5 Å². The summed E-state index contributed by atoms with van der Waals surface area (Å²) in [6.07, 6.45) is 5.74. The first-order valence-electron chi connectivity index (χ1n) is 12.9. The Labute approximate surface area is 212 Å². The van der Waals surface area contributed by atoms with Gasteiger partial charge in [0, 0.05) is 24.2 Å². The van der Waals surface area contributed by atoms with Crippen molar-refractivity contribution in [3.8, 4) is 17.0 Å². The van der Waals surface area contributed by atoms with Gasteiger partial charge in [-0.1, -0.05) is 30.1 Å². The number of hydrogen-bond acceptors (Lipinski definition) is 7. The average Bonchev–Trinajstić information content (AvgIpc) is 3.46. The normalized spacial score (nSPS) is 22.3. The molecular formula is C27H29N5O3S. The van der Waals surface area contributed by atoms with E-state index in [4.69, 9.17) is 9.72 Å². The number of likely N-dealkylation sites (tertiary alicyclic amines) is 1. The maximum Gasteiger partial charge on any atom is 0.275 e. The average molecular weight is 504 g/mol. The van der Waals surface area contributed by atoms with Crippen LogP contribution in [0.15, 0.2) is 39.9 Å². The first-order valence-corrected chi connectivity index (χ1v) is 13.7. The third-order valence-corrected chi connectivity index (χ3v) is 8.92. The molecule has 0 radical (unpaired) electrons. The summed E-state index contributed by atoms with van der Waals surface area (Å²) in [7, 11) is 0. The summed E-state index contributed by atoms with van der Waals surface area (Å²) in [6, 6.07) is 10.1. The van der Waals surface area contributed by atoms with E-state index in [-0.39, 0.29) is 23.2 Å². The molecule has 2 fully saturated rings. The number of rotatable bonds is 2. The molecule has 2 N–H and O–H groups in total. The lowest BCUT2D eigenvalue weighted by Crippen LogP contribution is -2.37. The molecule has 6 bridgehead atoms. The van der Waals surface area contributed by atoms with E-state index in [1.165, 1.54) is 30.8 Å². The molecule has 2 atom stereocenters. The Kier molecular flexibility index (Phi) is 5.45. The molecule has 8 nitrogen and oxygen atoms in total. The minimum atomic E-state index is -0.252. The van der Waals surface area contributed by atoms with E-state index >= 15 is 0 Å². The Balaban J connectivity index is 1.42. The summed E-state index contributed by atoms with van der Waals surface area (Å²) < 4.78 is 9.03. The number of aromatic nitrogens is 3. The maximum absolute atomic E-state index is 13.3. The Bertz CT molecular complexity index is 1580. The lowest BCUT2D eigenvalue weighted by atomic mass is 10.1. The van der Waals surface area contributed by atoms with Gasteiger partial charge >= 0.3 is 0 Å². The molecule has 2 unspecified atom stereocenters. The van der Waals surface area contributed by atoms with Gasteiger partial charge in [-0.15, -0.1) is 0 Å². The molecule has 4 aromatic rings. The number of piperidine rings is 1. The molecule has 2 saturated heterocycles. The quantitative estimate of drug-likeness (QED) is 0.435. The standard InChI is InChI=1S/C27H29N5O3S/c33-26-23-19-5-4-6-20-25(19)36-32(27(20)34)14-17-7-8-18(28-17)15-35-22-12-16(11-21(29-26)24(22)30-23)13-31-9-2-1-3-10-31/h4-6,11-12,17-18,28H,1-3,7-10,13-15H2,(H,29,33). The lowest BCUT2D eigenvalue weighted by molar-refractivity contribution is 0.220. The summed E-state index contributed by atoms with van der Waals surface area (Å²) in [6.45, 7) is 4.17. The van der Waals surface area contributed by atoms with Crippen LogP contribution in [-0.4, -0.2) is 50.6 Å². The second kappa shape index (κ2) is 8.83. The highest BCUT2D eigenvalue weighted by atomic mass is 32.1. The van der Waals surface area contributed by atoms with Crippen LogP contribution in [0.5, 0.6) is 5.75 Å². The molecule has 3 aliphatic rings. The second-order valence-corrected chi connectivity index (χ2v) is 11.4. The molecule has 3 aliphatic heterocycles. The topological polar surface area (TPSA) is 92.3 Å². The van der Waals surface area contributed by atoms with Crippen LogP contribution in [0.2, 0.25) is 0 Å². The van der Waals surface area contributed by atoms with Gasteiger partial charge in [0.05, 0.1) is 22.1 Å². The highest BCUT2D eigenvalue weighted by Crippen LogP contribution is 2.32. The first kappa shape index (κ1) is 22.2. The van der Waals surface area contributed by atoms with Crippen molar-refractivity contribution in [2.75, 3.05) is 19.7 Å². The van der Waals surface area contributed by atoms with Gasteiger partial charge in [0.1, 0.15) is 23.6 Å². The summed E-state index contributed by atoms with van der Waals surface area (Å²) in [5.41, 5.74) is 3.23. The number of fused-ring (bicyclic) bond motifs is 5. The number of ether oxygens (including phenoxy) is 1. The van der Waals surface area contributed by atoms with E-state index in [0.29, 0.717) is 46.6 Å². The van der Waals surface area contributed by atoms with Crippen LogP contribution in [0, 0.1) is 0 Å². The number of H-pyrrole nitrogens is 1. The Hall–Kier alpha value is -3.01. The molecule has 186 valence electrons. The minimum Gasteiger partial charge on any atom is -0.490 e. The van der Waals surface area contributed by atoms with Gasteiger partial charge in [-0.2, -0.15) is 0 Å². The van der Waals surface area contributed by atoms with E-state index in [9.17, 15) is 9.59 Å². The largest absolute Gasteiger partial charge is 0.490 e. The Morgan fingerprint density at radius 1 is 1.08 bits per heavy atom. The Morgan fingerprint density at radius 3 is 2.83 bits per heavy atom. The number of nitrogens with zero attached hydrogens (tertiary/aromatic N) is 3. The molecule has 0 amide bonds. The lowest BCUT2D eigenvalue weighted by Gasteiger charge is -2.26. The summed E-state index contributed by atoms with van der Waals surface area (Å²) in [4.78, 5) is 36.9. The van der Waals surface area contributed by atoms with Crippen molar-refractivity contribution in [3.63, 3.8) is 0 Å². The molecule has 9 heteroatoms. The van der Waals surface area contributed by atoms with Crippen LogP contribution in [0.4, 0.5) is 0 Å². The van der Waals surface area contributed by atoms with Crippen molar-refractivity contribution in [2.24, 2.45) is 0 Å². The molecule has 7 rings (SSSR count). The fourth-order valence-electron chi connectivity index (χ4n) is 5.94. The number of aromatic amines is 1. The predicted molar refractivity (Wildman–Crippen MR) is 142 cm³/mol. The molecule has 2 aromatic carbocycles. The summed E-state index contributed by atoms with van der Waals surface area (Å²) in [5, 5.41) is 4.30. The number of benzene rings is 2. The van der Waals surface area contributed by atoms with E-state index in [2.05, 4.69) is 21.3 Å². The van der Waals surface area contributed by atoms with Crippen LogP contribution in [0.25, 0.3) is 32.4 Å². The minimum absolute atomic E-state index is 0.00603. The maximum atomic E-state index is 13.3. The zero-order chi connectivity index (χ0) is 24.2. The molecule has 5 heterocycles. The van der Waals surface area contributed by atoms with Crippen molar-refractivity contribution >= 4 is 32.7 Å². The van der Waals surface area contributed by atoms with Crippen molar-refractivity contribution in [1.29, 1.82) is 0 Å². The highest BCUT2D eigenvalue weighted by Gasteiger charge is 2.27. The van der Waals surface area contributed by atoms with Gasteiger partial charge < -0.3 is 15.0 Å². The SMILES string of the molecule is O=c1[nH]c2cc(CN3CCCCC3)cc3c2nc1-c1cccc2c(=O)n(sc12)CC1CCC(CO3)N1. The molecule has 2 aromatic heterocycles. The van der Waals surface area contributed by atoms with Gasteiger partial charge in [-0.3, -0.25) is 18.4 Å². The number of nitrogens with one attached hydrogen (secondary N) is 2. The number of hydrogen-bond donors (Lipinski definition) is 2. The fraction of sp³-hybridized carbons (Fsp3) is 0.444.